The van der Waals surface area contributed by atoms with E-state index in [9.17, 15) is 13.9 Å². The van der Waals surface area contributed by atoms with Gasteiger partial charge in [-0.05, 0) is 29.8 Å². The first kappa shape index (κ1) is 13.1. The third-order valence-electron chi connectivity index (χ3n) is 2.66. The van der Waals surface area contributed by atoms with Gasteiger partial charge in [0.05, 0.1) is 7.11 Å². The van der Waals surface area contributed by atoms with E-state index in [2.05, 4.69) is 5.32 Å². The van der Waals surface area contributed by atoms with E-state index in [0.29, 0.717) is 18.0 Å². The van der Waals surface area contributed by atoms with Crippen LogP contribution in [-0.2, 0) is 6.54 Å². The molecule has 2 aromatic carbocycles. The van der Waals surface area contributed by atoms with Crippen LogP contribution in [0.2, 0.25) is 0 Å². The first-order valence-corrected chi connectivity index (χ1v) is 5.65. The maximum Gasteiger partial charge on any atom is 0.160 e. The minimum Gasteiger partial charge on any atom is -0.504 e. The van der Waals surface area contributed by atoms with Crippen molar-refractivity contribution in [2.75, 3.05) is 12.4 Å². The standard InChI is InChI=1S/C14H13F2NO2/c1-19-14-5-2-9(6-13(14)18)8-17-10-3-4-11(15)12(16)7-10/h2-7,17-18H,8H2,1H3. The molecule has 0 unspecified atom stereocenters. The van der Waals surface area contributed by atoms with Gasteiger partial charge in [-0.25, -0.2) is 8.78 Å². The number of phenols is 1. The lowest BCUT2D eigenvalue weighted by Gasteiger charge is -2.09. The highest BCUT2D eigenvalue weighted by atomic mass is 19.2. The van der Waals surface area contributed by atoms with Crippen LogP contribution < -0.4 is 10.1 Å². The summed E-state index contributed by atoms with van der Waals surface area (Å²) in [4.78, 5) is 0. The van der Waals surface area contributed by atoms with Crippen molar-refractivity contribution in [1.29, 1.82) is 0 Å². The first-order chi connectivity index (χ1) is 9.10. The fourth-order valence-corrected chi connectivity index (χ4v) is 1.66. The molecule has 0 saturated carbocycles. The van der Waals surface area contributed by atoms with Crippen LogP contribution in [-0.4, -0.2) is 12.2 Å². The third kappa shape index (κ3) is 3.13. The molecule has 0 aliphatic rings. The van der Waals surface area contributed by atoms with Gasteiger partial charge in [0.2, 0.25) is 0 Å². The molecule has 3 nitrogen and oxygen atoms in total. The molecule has 0 atom stereocenters. The molecule has 2 rings (SSSR count). The van der Waals surface area contributed by atoms with Crippen LogP contribution >= 0.6 is 0 Å². The van der Waals surface area contributed by atoms with Crippen LogP contribution in [0.4, 0.5) is 14.5 Å². The van der Waals surface area contributed by atoms with Crippen molar-refractivity contribution >= 4 is 5.69 Å². The van der Waals surface area contributed by atoms with E-state index in [4.69, 9.17) is 4.74 Å². The van der Waals surface area contributed by atoms with Crippen molar-refractivity contribution in [2.24, 2.45) is 0 Å². The molecule has 0 aliphatic carbocycles. The zero-order valence-corrected chi connectivity index (χ0v) is 10.3. The molecule has 2 aromatic rings. The second-order valence-corrected chi connectivity index (χ2v) is 3.99. The number of rotatable bonds is 4. The summed E-state index contributed by atoms with van der Waals surface area (Å²) in [6.07, 6.45) is 0. The van der Waals surface area contributed by atoms with E-state index in [1.165, 1.54) is 13.2 Å². The highest BCUT2D eigenvalue weighted by Gasteiger charge is 2.04. The largest absolute Gasteiger partial charge is 0.504 e. The Morgan fingerprint density at radius 1 is 1.11 bits per heavy atom. The summed E-state index contributed by atoms with van der Waals surface area (Å²) in [7, 11) is 1.47. The third-order valence-corrected chi connectivity index (χ3v) is 2.66. The van der Waals surface area contributed by atoms with Gasteiger partial charge in [0.15, 0.2) is 23.1 Å². The predicted molar refractivity (Wildman–Crippen MR) is 68.3 cm³/mol. The van der Waals surface area contributed by atoms with Crippen LogP contribution in [0.25, 0.3) is 0 Å². The fraction of sp³-hybridized carbons (Fsp3) is 0.143. The zero-order valence-electron chi connectivity index (χ0n) is 10.3. The minimum absolute atomic E-state index is 0.0343. The van der Waals surface area contributed by atoms with E-state index in [0.717, 1.165) is 17.7 Å². The smallest absolute Gasteiger partial charge is 0.160 e. The number of phenolic OH excluding ortho intramolecular Hbond substituents is 1. The molecule has 2 N–H and O–H groups in total. The summed E-state index contributed by atoms with van der Waals surface area (Å²) < 4.78 is 30.7. The second-order valence-electron chi connectivity index (χ2n) is 3.99. The lowest BCUT2D eigenvalue weighted by molar-refractivity contribution is 0.373. The maximum atomic E-state index is 13.0. The Morgan fingerprint density at radius 3 is 2.53 bits per heavy atom. The van der Waals surface area contributed by atoms with Crippen molar-refractivity contribution < 1.29 is 18.6 Å². The summed E-state index contributed by atoms with van der Waals surface area (Å²) in [5, 5.41) is 12.5. The second kappa shape index (κ2) is 5.56. The minimum atomic E-state index is -0.900. The summed E-state index contributed by atoms with van der Waals surface area (Å²) in [5.41, 5.74) is 1.26. The van der Waals surface area contributed by atoms with Crippen molar-refractivity contribution in [2.45, 2.75) is 6.54 Å². The molecule has 0 bridgehead atoms. The number of methoxy groups -OCH3 is 1. The molecule has 0 amide bonds. The number of aromatic hydroxyl groups is 1. The van der Waals surface area contributed by atoms with Crippen molar-refractivity contribution in [1.82, 2.24) is 0 Å². The SMILES string of the molecule is COc1ccc(CNc2ccc(F)c(F)c2)cc1O. The molecule has 0 saturated heterocycles. The molecule has 0 aliphatic heterocycles. The molecule has 0 aromatic heterocycles. The molecule has 100 valence electrons. The summed E-state index contributed by atoms with van der Waals surface area (Å²) in [6.45, 7) is 0.378. The van der Waals surface area contributed by atoms with E-state index in [1.54, 1.807) is 18.2 Å². The number of ether oxygens (including phenoxy) is 1. The van der Waals surface area contributed by atoms with Gasteiger partial charge >= 0.3 is 0 Å². The molecule has 0 spiro atoms. The number of nitrogens with one attached hydrogen (secondary N) is 1. The van der Waals surface area contributed by atoms with Crippen molar-refractivity contribution in [3.05, 3.63) is 53.6 Å². The Balaban J connectivity index is 2.05. The Labute approximate surface area is 109 Å². The van der Waals surface area contributed by atoms with Gasteiger partial charge in [0.25, 0.3) is 0 Å². The van der Waals surface area contributed by atoms with Gasteiger partial charge in [-0.2, -0.15) is 0 Å². The Hall–Kier alpha value is -2.30. The average molecular weight is 265 g/mol. The monoisotopic (exact) mass is 265 g/mol. The molecule has 5 heteroatoms. The normalized spacial score (nSPS) is 10.3. The van der Waals surface area contributed by atoms with E-state index >= 15 is 0 Å². The van der Waals surface area contributed by atoms with Crippen LogP contribution in [0.1, 0.15) is 5.56 Å². The maximum absolute atomic E-state index is 13.0. The molecule has 0 radical (unpaired) electrons. The van der Waals surface area contributed by atoms with Crippen LogP contribution in [0, 0.1) is 11.6 Å². The summed E-state index contributed by atoms with van der Waals surface area (Å²) in [5.74, 6) is -1.36. The summed E-state index contributed by atoms with van der Waals surface area (Å²) in [6, 6.07) is 8.54. The first-order valence-electron chi connectivity index (χ1n) is 5.65. The van der Waals surface area contributed by atoms with E-state index < -0.39 is 11.6 Å². The van der Waals surface area contributed by atoms with Crippen molar-refractivity contribution in [3.63, 3.8) is 0 Å². The van der Waals surface area contributed by atoms with Crippen LogP contribution in [0.5, 0.6) is 11.5 Å². The van der Waals surface area contributed by atoms with Gasteiger partial charge in [-0.1, -0.05) is 6.07 Å². The number of halogens is 2. The molecule has 0 heterocycles. The lowest BCUT2D eigenvalue weighted by atomic mass is 10.2. The van der Waals surface area contributed by atoms with E-state index in [-0.39, 0.29) is 5.75 Å². The van der Waals surface area contributed by atoms with Crippen molar-refractivity contribution in [3.8, 4) is 11.5 Å². The number of benzene rings is 2. The quantitative estimate of drug-likeness (QED) is 0.891. The highest BCUT2D eigenvalue weighted by Crippen LogP contribution is 2.26. The Kier molecular flexibility index (Phi) is 3.85. The van der Waals surface area contributed by atoms with E-state index in [1.807, 2.05) is 0 Å². The predicted octanol–water partition coefficient (Wildman–Crippen LogP) is 3.29. The van der Waals surface area contributed by atoms with Gasteiger partial charge in [0, 0.05) is 18.3 Å². The molecular weight excluding hydrogens is 252 g/mol. The Bertz CT molecular complexity index is 588. The average Bonchev–Trinajstić information content (AvgIpc) is 2.40. The number of anilines is 1. The van der Waals surface area contributed by atoms with Gasteiger partial charge in [-0.3, -0.25) is 0 Å². The lowest BCUT2D eigenvalue weighted by Crippen LogP contribution is -2.00. The number of hydrogen-bond donors (Lipinski definition) is 2. The zero-order chi connectivity index (χ0) is 13.8. The van der Waals surface area contributed by atoms with Gasteiger partial charge in [-0.15, -0.1) is 0 Å². The van der Waals surface area contributed by atoms with Gasteiger partial charge < -0.3 is 15.2 Å². The highest BCUT2D eigenvalue weighted by molar-refractivity contribution is 5.46. The molecule has 0 fully saturated rings. The van der Waals surface area contributed by atoms with Crippen LogP contribution in [0.15, 0.2) is 36.4 Å². The molecule has 19 heavy (non-hydrogen) atoms. The Morgan fingerprint density at radius 2 is 1.89 bits per heavy atom. The topological polar surface area (TPSA) is 41.5 Å². The number of hydrogen-bond acceptors (Lipinski definition) is 3. The fourth-order valence-electron chi connectivity index (χ4n) is 1.66. The summed E-state index contributed by atoms with van der Waals surface area (Å²) >= 11 is 0. The van der Waals surface area contributed by atoms with Gasteiger partial charge in [0.1, 0.15) is 0 Å². The van der Waals surface area contributed by atoms with Crippen LogP contribution in [0.3, 0.4) is 0 Å². The molecular formula is C14H13F2NO2.